The van der Waals surface area contributed by atoms with Crippen molar-refractivity contribution in [2.75, 3.05) is 14.1 Å². The molecule has 3 aliphatic carbocycles. The number of benzene rings is 1. The number of amides is 1. The largest absolute Gasteiger partial charge is 0.507 e. The number of aromatic hydroxyl groups is 1. The van der Waals surface area contributed by atoms with Gasteiger partial charge in [0.2, 0.25) is 5.91 Å². The van der Waals surface area contributed by atoms with Gasteiger partial charge in [0.25, 0.3) is 0 Å². The maximum atomic E-state index is 13.9. The summed E-state index contributed by atoms with van der Waals surface area (Å²) >= 11 is 0. The van der Waals surface area contributed by atoms with Crippen LogP contribution in [0.4, 0.5) is 0 Å². The zero-order chi connectivity index (χ0) is 28.4. The highest BCUT2D eigenvalue weighted by Crippen LogP contribution is 2.55. The minimum Gasteiger partial charge on any atom is -0.507 e. The maximum Gasteiger partial charge on any atom is 0.235 e. The van der Waals surface area contributed by atoms with Crippen molar-refractivity contribution in [1.29, 1.82) is 0 Å². The van der Waals surface area contributed by atoms with Crippen LogP contribution in [0.5, 0.6) is 5.75 Å². The second kappa shape index (κ2) is 6.77. The van der Waals surface area contributed by atoms with Crippen LogP contribution in [-0.2, 0) is 24.8 Å². The Morgan fingerprint density at radius 2 is 1.84 bits per heavy atom. The predicted octanol–water partition coefficient (Wildman–Crippen LogP) is -1.47. The van der Waals surface area contributed by atoms with Gasteiger partial charge in [-0.15, -0.1) is 0 Å². The first-order valence-electron chi connectivity index (χ1n) is 12.2. The summed E-state index contributed by atoms with van der Waals surface area (Å²) in [4.78, 5) is 67.0. The molecule has 0 saturated heterocycles. The molecule has 3 aliphatic rings. The molecular formula is C22H24N2O8. The molecule has 170 valence electrons. The summed E-state index contributed by atoms with van der Waals surface area (Å²) in [6.07, 6.45) is -1.00. The summed E-state index contributed by atoms with van der Waals surface area (Å²) in [6, 6.07) is -5.41. The number of nitrogens with zero attached hydrogens (tertiary/aromatic N) is 1. The van der Waals surface area contributed by atoms with Gasteiger partial charge in [0.1, 0.15) is 5.75 Å². The van der Waals surface area contributed by atoms with E-state index in [4.69, 9.17) is 12.6 Å². The Kier molecular flexibility index (Phi) is 3.52. The molecule has 0 spiro atoms. The second-order valence-electron chi connectivity index (χ2n) is 8.60. The summed E-state index contributed by atoms with van der Waals surface area (Å²) in [5, 5.41) is 33.7. The van der Waals surface area contributed by atoms with Gasteiger partial charge in [0, 0.05) is 13.2 Å². The Morgan fingerprint density at radius 3 is 2.41 bits per heavy atom. The van der Waals surface area contributed by atoms with E-state index in [1.165, 1.54) is 14.1 Å². The van der Waals surface area contributed by atoms with E-state index >= 15 is 0 Å². The highest BCUT2D eigenvalue weighted by Gasteiger charge is 2.71. The van der Waals surface area contributed by atoms with Crippen LogP contribution in [0.15, 0.2) is 18.1 Å². The lowest BCUT2D eigenvalue weighted by atomic mass is 9.49. The number of ketones is 4. The molecule has 7 atom stereocenters. The third-order valence-corrected chi connectivity index (χ3v) is 6.64. The van der Waals surface area contributed by atoms with Gasteiger partial charge < -0.3 is 21.1 Å². The van der Waals surface area contributed by atoms with Crippen molar-refractivity contribution in [3.63, 3.8) is 0 Å². The van der Waals surface area contributed by atoms with Crippen molar-refractivity contribution in [2.45, 2.75) is 30.6 Å². The van der Waals surface area contributed by atoms with Gasteiger partial charge in [-0.2, -0.15) is 0 Å². The van der Waals surface area contributed by atoms with Crippen molar-refractivity contribution in [1.82, 2.24) is 4.90 Å². The highest BCUT2D eigenvalue weighted by atomic mass is 16.3. The molecule has 0 bridgehead atoms. The Hall–Kier alpha value is -2.95. The van der Waals surface area contributed by atoms with Gasteiger partial charge in [0.15, 0.2) is 34.7 Å². The number of Topliss-reactive ketones (excluding diaryl/α,β-unsaturated/α-hetero) is 4. The van der Waals surface area contributed by atoms with Gasteiger partial charge in [0.05, 0.1) is 28.6 Å². The van der Waals surface area contributed by atoms with Crippen molar-refractivity contribution in [2.24, 2.45) is 29.4 Å². The average Bonchev–Trinajstić information content (AvgIpc) is 2.79. The fraction of sp³-hybridized carbons (Fsp3) is 0.500. The summed E-state index contributed by atoms with van der Waals surface area (Å²) < 4.78 is 42.1. The van der Waals surface area contributed by atoms with E-state index in [0.29, 0.717) is 0 Å². The number of rotatable bonds is 2. The van der Waals surface area contributed by atoms with Crippen LogP contribution in [0.3, 0.4) is 0 Å². The first-order valence-corrected chi connectivity index (χ1v) is 9.67. The number of phenols is 1. The summed E-state index contributed by atoms with van der Waals surface area (Å²) in [6.45, 7) is 0.927. The molecule has 0 radical (unpaired) electrons. The van der Waals surface area contributed by atoms with Crippen LogP contribution in [-0.4, -0.2) is 75.0 Å². The van der Waals surface area contributed by atoms with Crippen molar-refractivity contribution < 1.29 is 46.1 Å². The van der Waals surface area contributed by atoms with E-state index in [1.807, 2.05) is 0 Å². The van der Waals surface area contributed by atoms with Gasteiger partial charge in [-0.3, -0.25) is 28.9 Å². The van der Waals surface area contributed by atoms with Crippen molar-refractivity contribution in [3.8, 4) is 5.75 Å². The first kappa shape index (κ1) is 16.7. The Balaban J connectivity index is 2.10. The molecule has 4 rings (SSSR count). The fourth-order valence-electron chi connectivity index (χ4n) is 5.14. The molecule has 2 fully saturated rings. The van der Waals surface area contributed by atoms with Crippen LogP contribution in [0.25, 0.3) is 0 Å². The zero-order valence-electron chi connectivity index (χ0n) is 22.3. The molecule has 2 saturated carbocycles. The molecule has 0 aliphatic heterocycles. The zero-order valence-corrected chi connectivity index (χ0v) is 17.3. The molecule has 5 unspecified atom stereocenters. The standard InChI is InChI=1S/C22H24N2O8/c1-21(31)8-5-4-6-11(25)12(8)16(26)13-9(21)7-10-15(24(2)3)17(27)14(20(23)30)19(29)22(10,32)18(13)28/h4-6,9-10,13-15,25,31-32H,7H2,1-3H3,(H2,23,30)/t9?,10?,13?,14?,15?,21-,22+/m1/s1/i4D,5D,6D,9D,15D. The van der Waals surface area contributed by atoms with E-state index in [2.05, 4.69) is 0 Å². The molecule has 1 aromatic rings. The fourth-order valence-corrected chi connectivity index (χ4v) is 5.14. The topological polar surface area (TPSA) is 175 Å². The lowest BCUT2D eigenvalue weighted by Crippen LogP contribution is -2.75. The number of carbonyl (C=O) groups is 5. The quantitative estimate of drug-likeness (QED) is 0.393. The Labute approximate surface area is 190 Å². The van der Waals surface area contributed by atoms with Crippen LogP contribution in [0, 0.1) is 23.6 Å². The molecule has 10 heteroatoms. The van der Waals surface area contributed by atoms with E-state index in [-0.39, 0.29) is 0 Å². The van der Waals surface area contributed by atoms with E-state index in [1.54, 1.807) is 0 Å². The minimum atomic E-state index is -3.34. The van der Waals surface area contributed by atoms with Crippen LogP contribution >= 0.6 is 0 Å². The van der Waals surface area contributed by atoms with E-state index in [0.717, 1.165) is 11.8 Å². The van der Waals surface area contributed by atoms with Gasteiger partial charge in [-0.1, -0.05) is 12.1 Å². The minimum absolute atomic E-state index is 0.718. The molecule has 10 nitrogen and oxygen atoms in total. The number of likely N-dealkylation sites (N-methyl/N-ethyl adjacent to an activating group) is 1. The molecule has 32 heavy (non-hydrogen) atoms. The number of carbonyl (C=O) groups excluding carboxylic acids is 5. The number of fused-ring (bicyclic) bond motifs is 3. The second-order valence-corrected chi connectivity index (χ2v) is 8.60. The summed E-state index contributed by atoms with van der Waals surface area (Å²) in [5.41, 5.74) is -2.43. The van der Waals surface area contributed by atoms with Crippen LogP contribution in [0.1, 0.15) is 36.1 Å². The normalized spacial score (nSPS) is 45.7. The van der Waals surface area contributed by atoms with Crippen LogP contribution in [0.2, 0.25) is 0 Å². The Morgan fingerprint density at radius 1 is 1.22 bits per heavy atom. The van der Waals surface area contributed by atoms with Crippen LogP contribution < -0.4 is 5.73 Å². The van der Waals surface area contributed by atoms with E-state index < -0.39 is 111 Å². The van der Waals surface area contributed by atoms with Crippen molar-refractivity contribution >= 4 is 29.0 Å². The average molecular weight is 449 g/mol. The molecule has 1 aromatic carbocycles. The monoisotopic (exact) mass is 449 g/mol. The Bertz CT molecular complexity index is 1350. The molecule has 1 amide bonds. The number of nitrogens with two attached hydrogens (primary N) is 1. The third-order valence-electron chi connectivity index (χ3n) is 6.64. The predicted molar refractivity (Wildman–Crippen MR) is 107 cm³/mol. The van der Waals surface area contributed by atoms with E-state index in [9.17, 15) is 39.3 Å². The van der Waals surface area contributed by atoms with Gasteiger partial charge >= 0.3 is 0 Å². The van der Waals surface area contributed by atoms with Gasteiger partial charge in [-0.05, 0) is 39.0 Å². The van der Waals surface area contributed by atoms with Crippen molar-refractivity contribution in [3.05, 3.63) is 29.3 Å². The summed E-state index contributed by atoms with van der Waals surface area (Å²) in [7, 11) is 2.38. The number of phenolic OH excluding ortho intramolecular Hbond substituents is 1. The molecular weight excluding hydrogens is 420 g/mol. The molecule has 0 heterocycles. The van der Waals surface area contributed by atoms with Gasteiger partial charge in [-0.25, -0.2) is 0 Å². The SMILES string of the molecule is [2H]c1c([2H])c(O)c2c(c1[2H])[C@@](C)(O)C1([2H])CC3C([2H])(N(C)C)C(=O)C(C(N)=O)C(=O)[C@@]3(O)C(=O)C1C2=O. The molecule has 5 N–H and O–H groups in total. The summed E-state index contributed by atoms with van der Waals surface area (Å²) in [5.74, 6) is -18.4. The number of primary amides is 1. The lowest BCUT2D eigenvalue weighted by Gasteiger charge is -2.55. The molecule has 0 aromatic heterocycles. The number of hydrogen-bond donors (Lipinski definition) is 4. The number of aliphatic hydroxyl groups is 2. The maximum absolute atomic E-state index is 13.9. The highest BCUT2D eigenvalue weighted by molar-refractivity contribution is 6.32. The number of hydrogen-bond acceptors (Lipinski definition) is 9. The smallest absolute Gasteiger partial charge is 0.235 e. The first-order chi connectivity index (χ1) is 16.7. The lowest BCUT2D eigenvalue weighted by molar-refractivity contribution is -0.188. The third kappa shape index (κ3) is 2.54.